The molecule has 0 bridgehead atoms. The zero-order chi connectivity index (χ0) is 14.9. The van der Waals surface area contributed by atoms with Crippen LogP contribution < -0.4 is 5.32 Å². The lowest BCUT2D eigenvalue weighted by Crippen LogP contribution is -2.51. The Kier molecular flexibility index (Phi) is 4.28. The van der Waals surface area contributed by atoms with Gasteiger partial charge in [0, 0.05) is 36.8 Å². The molecule has 2 rings (SSSR count). The smallest absolute Gasteiger partial charge is 0.290 e. The van der Waals surface area contributed by atoms with Gasteiger partial charge in [0.05, 0.1) is 4.92 Å². The zero-order valence-corrected chi connectivity index (χ0v) is 12.3. The molecule has 1 atom stereocenters. The molecule has 0 spiro atoms. The summed E-state index contributed by atoms with van der Waals surface area (Å²) in [6.07, 6.45) is 0. The SMILES string of the molecule is CC1CN(S(=O)(=O)c2ccc(Cl)cc2[N+](=O)[O-])CCN1. The quantitative estimate of drug-likeness (QED) is 0.668. The molecule has 1 saturated heterocycles. The van der Waals surface area contributed by atoms with Gasteiger partial charge in [0.25, 0.3) is 5.69 Å². The molecule has 1 aliphatic rings. The van der Waals surface area contributed by atoms with E-state index in [2.05, 4.69) is 5.32 Å². The summed E-state index contributed by atoms with van der Waals surface area (Å²) in [4.78, 5) is 9.97. The Labute approximate surface area is 121 Å². The topological polar surface area (TPSA) is 92.5 Å². The molecular formula is C11H14ClN3O4S. The summed E-state index contributed by atoms with van der Waals surface area (Å²) in [5.41, 5.74) is -0.497. The Morgan fingerprint density at radius 3 is 2.80 bits per heavy atom. The van der Waals surface area contributed by atoms with E-state index in [1.54, 1.807) is 0 Å². The van der Waals surface area contributed by atoms with Gasteiger partial charge in [-0.2, -0.15) is 4.31 Å². The summed E-state index contributed by atoms with van der Waals surface area (Å²) >= 11 is 5.70. The third kappa shape index (κ3) is 2.93. The molecule has 0 saturated carbocycles. The fourth-order valence-corrected chi connectivity index (χ4v) is 3.94. The number of hydrogen-bond donors (Lipinski definition) is 1. The van der Waals surface area contributed by atoms with Crippen molar-refractivity contribution in [3.8, 4) is 0 Å². The third-order valence-electron chi connectivity index (χ3n) is 3.07. The van der Waals surface area contributed by atoms with Crippen LogP contribution in [-0.2, 0) is 10.0 Å². The average molecular weight is 320 g/mol. The summed E-state index contributed by atoms with van der Waals surface area (Å²) in [6, 6.07) is 3.58. The van der Waals surface area contributed by atoms with Crippen molar-refractivity contribution >= 4 is 27.3 Å². The van der Waals surface area contributed by atoms with Crippen molar-refractivity contribution < 1.29 is 13.3 Å². The maximum absolute atomic E-state index is 12.5. The van der Waals surface area contributed by atoms with Crippen LogP contribution in [0, 0.1) is 10.1 Å². The second kappa shape index (κ2) is 5.65. The summed E-state index contributed by atoms with van der Waals surface area (Å²) in [7, 11) is -3.89. The molecule has 1 N–H and O–H groups in total. The number of hydrogen-bond acceptors (Lipinski definition) is 5. The van der Waals surface area contributed by atoms with Crippen molar-refractivity contribution in [2.75, 3.05) is 19.6 Å². The molecular weight excluding hydrogens is 306 g/mol. The average Bonchev–Trinajstić information content (AvgIpc) is 2.38. The molecule has 0 aliphatic carbocycles. The van der Waals surface area contributed by atoms with Gasteiger partial charge in [-0.05, 0) is 19.1 Å². The van der Waals surface area contributed by atoms with E-state index in [4.69, 9.17) is 11.6 Å². The van der Waals surface area contributed by atoms with Crippen LogP contribution in [0.4, 0.5) is 5.69 Å². The maximum Gasteiger partial charge on any atom is 0.290 e. The van der Waals surface area contributed by atoms with E-state index in [9.17, 15) is 18.5 Å². The first-order valence-corrected chi connectivity index (χ1v) is 7.81. The molecule has 9 heteroatoms. The first-order valence-electron chi connectivity index (χ1n) is 6.00. The Morgan fingerprint density at radius 1 is 1.50 bits per heavy atom. The fourth-order valence-electron chi connectivity index (χ4n) is 2.11. The minimum atomic E-state index is -3.89. The molecule has 7 nitrogen and oxygen atoms in total. The Hall–Kier alpha value is -1.22. The third-order valence-corrected chi connectivity index (χ3v) is 5.21. The number of rotatable bonds is 3. The van der Waals surface area contributed by atoms with E-state index in [0.717, 1.165) is 6.07 Å². The Bertz CT molecular complexity index is 635. The van der Waals surface area contributed by atoms with Crippen LogP contribution in [0.3, 0.4) is 0 Å². The van der Waals surface area contributed by atoms with Crippen LogP contribution in [0.5, 0.6) is 0 Å². The lowest BCUT2D eigenvalue weighted by atomic mass is 10.3. The van der Waals surface area contributed by atoms with Crippen LogP contribution in [0.2, 0.25) is 5.02 Å². The first-order chi connectivity index (χ1) is 9.32. The van der Waals surface area contributed by atoms with E-state index in [-0.39, 0.29) is 29.0 Å². The van der Waals surface area contributed by atoms with Gasteiger partial charge in [0.15, 0.2) is 4.90 Å². The minimum Gasteiger partial charge on any atom is -0.312 e. The van der Waals surface area contributed by atoms with Gasteiger partial charge in [-0.15, -0.1) is 0 Å². The number of sulfonamides is 1. The highest BCUT2D eigenvalue weighted by atomic mass is 35.5. The van der Waals surface area contributed by atoms with Gasteiger partial charge in [-0.3, -0.25) is 10.1 Å². The molecule has 0 amide bonds. The monoisotopic (exact) mass is 319 g/mol. The van der Waals surface area contributed by atoms with E-state index in [1.165, 1.54) is 16.4 Å². The normalized spacial score (nSPS) is 20.8. The van der Waals surface area contributed by atoms with Gasteiger partial charge in [0.2, 0.25) is 10.0 Å². The molecule has 1 aromatic rings. The fraction of sp³-hybridized carbons (Fsp3) is 0.455. The van der Waals surface area contributed by atoms with Gasteiger partial charge < -0.3 is 5.32 Å². The van der Waals surface area contributed by atoms with E-state index >= 15 is 0 Å². The van der Waals surface area contributed by atoms with Crippen LogP contribution in [-0.4, -0.2) is 43.3 Å². The number of piperazine rings is 1. The van der Waals surface area contributed by atoms with Crippen LogP contribution in [0.15, 0.2) is 23.1 Å². The summed E-state index contributed by atoms with van der Waals surface area (Å²) < 4.78 is 26.3. The number of nitro groups is 1. The summed E-state index contributed by atoms with van der Waals surface area (Å²) in [6.45, 7) is 2.94. The molecule has 20 heavy (non-hydrogen) atoms. The van der Waals surface area contributed by atoms with Crippen LogP contribution in [0.25, 0.3) is 0 Å². The highest BCUT2D eigenvalue weighted by molar-refractivity contribution is 7.89. The maximum atomic E-state index is 12.5. The number of halogens is 1. The molecule has 1 unspecified atom stereocenters. The second-order valence-electron chi connectivity index (χ2n) is 4.59. The van der Waals surface area contributed by atoms with E-state index < -0.39 is 20.6 Å². The summed E-state index contributed by atoms with van der Waals surface area (Å²) in [5.74, 6) is 0. The standard InChI is InChI=1S/C11H14ClN3O4S/c1-8-7-14(5-4-13-8)20(18,19)11-3-2-9(12)6-10(11)15(16)17/h2-3,6,8,13H,4-5,7H2,1H3. The molecule has 0 radical (unpaired) electrons. The lowest BCUT2D eigenvalue weighted by molar-refractivity contribution is -0.387. The minimum absolute atomic E-state index is 0.00452. The van der Waals surface area contributed by atoms with Crippen molar-refractivity contribution in [1.29, 1.82) is 0 Å². The Balaban J connectivity index is 2.46. The molecule has 1 aliphatic heterocycles. The predicted molar refractivity (Wildman–Crippen MR) is 74.3 cm³/mol. The first kappa shape index (κ1) is 15.2. The van der Waals surface area contributed by atoms with E-state index in [0.29, 0.717) is 6.54 Å². The van der Waals surface area contributed by atoms with Gasteiger partial charge in [0.1, 0.15) is 0 Å². The number of nitro benzene ring substituents is 1. The second-order valence-corrected chi connectivity index (χ2v) is 6.93. The Morgan fingerprint density at radius 2 is 2.20 bits per heavy atom. The van der Waals surface area contributed by atoms with Gasteiger partial charge in [-0.25, -0.2) is 8.42 Å². The molecule has 0 aromatic heterocycles. The van der Waals surface area contributed by atoms with E-state index in [1.807, 2.05) is 6.92 Å². The summed E-state index contributed by atoms with van der Waals surface area (Å²) in [5, 5.41) is 14.3. The van der Waals surface area contributed by atoms with Crippen molar-refractivity contribution in [3.63, 3.8) is 0 Å². The molecule has 1 heterocycles. The van der Waals surface area contributed by atoms with Crippen molar-refractivity contribution in [2.45, 2.75) is 17.9 Å². The van der Waals surface area contributed by atoms with Crippen molar-refractivity contribution in [2.24, 2.45) is 0 Å². The molecule has 110 valence electrons. The number of nitrogens with one attached hydrogen (secondary N) is 1. The highest BCUT2D eigenvalue weighted by Crippen LogP contribution is 2.29. The van der Waals surface area contributed by atoms with Gasteiger partial charge in [-0.1, -0.05) is 11.6 Å². The van der Waals surface area contributed by atoms with Crippen molar-refractivity contribution in [1.82, 2.24) is 9.62 Å². The molecule has 1 fully saturated rings. The van der Waals surface area contributed by atoms with Crippen LogP contribution >= 0.6 is 11.6 Å². The lowest BCUT2D eigenvalue weighted by Gasteiger charge is -2.30. The zero-order valence-electron chi connectivity index (χ0n) is 10.7. The molecule has 1 aromatic carbocycles. The number of nitrogens with zero attached hydrogens (tertiary/aromatic N) is 2. The van der Waals surface area contributed by atoms with Gasteiger partial charge >= 0.3 is 0 Å². The van der Waals surface area contributed by atoms with Crippen LogP contribution in [0.1, 0.15) is 6.92 Å². The highest BCUT2D eigenvalue weighted by Gasteiger charge is 2.33. The van der Waals surface area contributed by atoms with Crippen molar-refractivity contribution in [3.05, 3.63) is 33.3 Å². The predicted octanol–water partition coefficient (Wildman–Crippen LogP) is 1.23. The number of benzene rings is 1. The largest absolute Gasteiger partial charge is 0.312 e.